The van der Waals surface area contributed by atoms with E-state index in [-0.39, 0.29) is 12.1 Å². The zero-order chi connectivity index (χ0) is 19.3. The normalized spacial score (nSPS) is 18.8. The molecule has 2 amide bonds. The summed E-state index contributed by atoms with van der Waals surface area (Å²) >= 11 is 0. The third kappa shape index (κ3) is 4.01. The van der Waals surface area contributed by atoms with Crippen LogP contribution in [0, 0.1) is 0 Å². The summed E-state index contributed by atoms with van der Waals surface area (Å²) in [6.45, 7) is 6.12. The number of fused-ring (bicyclic) bond motifs is 1. The van der Waals surface area contributed by atoms with Gasteiger partial charge in [-0.05, 0) is 37.1 Å². The molecule has 6 nitrogen and oxygen atoms in total. The highest BCUT2D eigenvalue weighted by Gasteiger charge is 2.26. The quantitative estimate of drug-likeness (QED) is 0.885. The monoisotopic (exact) mass is 381 g/mol. The summed E-state index contributed by atoms with van der Waals surface area (Å²) in [5.74, 6) is 1.83. The second-order valence-corrected chi connectivity index (χ2v) is 7.14. The van der Waals surface area contributed by atoms with Crippen LogP contribution < -0.4 is 19.7 Å². The van der Waals surface area contributed by atoms with E-state index >= 15 is 0 Å². The van der Waals surface area contributed by atoms with Crippen LogP contribution in [-0.2, 0) is 6.42 Å². The first-order valence-electron chi connectivity index (χ1n) is 9.97. The highest BCUT2D eigenvalue weighted by atomic mass is 16.5. The molecule has 0 radical (unpaired) electrons. The zero-order valence-corrected chi connectivity index (χ0v) is 16.3. The Kier molecular flexibility index (Phi) is 5.55. The highest BCUT2D eigenvalue weighted by molar-refractivity contribution is 5.75. The van der Waals surface area contributed by atoms with Crippen molar-refractivity contribution in [2.24, 2.45) is 0 Å². The summed E-state index contributed by atoms with van der Waals surface area (Å²) in [6, 6.07) is 16.1. The van der Waals surface area contributed by atoms with Gasteiger partial charge in [0.15, 0.2) is 0 Å². The van der Waals surface area contributed by atoms with Gasteiger partial charge in [-0.1, -0.05) is 30.3 Å². The Morgan fingerprint density at radius 1 is 1.11 bits per heavy atom. The third-order valence-electron chi connectivity index (χ3n) is 5.28. The molecule has 148 valence electrons. The number of nitrogens with one attached hydrogen (secondary N) is 1. The summed E-state index contributed by atoms with van der Waals surface area (Å²) in [4.78, 5) is 16.9. The number of hydrogen-bond donors (Lipinski definition) is 1. The van der Waals surface area contributed by atoms with Crippen molar-refractivity contribution in [2.45, 2.75) is 19.4 Å². The lowest BCUT2D eigenvalue weighted by Crippen LogP contribution is -2.55. The molecule has 2 aliphatic rings. The van der Waals surface area contributed by atoms with Gasteiger partial charge in [-0.3, -0.25) is 0 Å². The molecule has 1 N–H and O–H groups in total. The second kappa shape index (κ2) is 8.42. The first-order chi connectivity index (χ1) is 13.7. The van der Waals surface area contributed by atoms with Crippen molar-refractivity contribution in [2.75, 3.05) is 44.3 Å². The number of benzene rings is 2. The minimum atomic E-state index is -0.00859. The molecule has 4 rings (SSSR count). The second-order valence-electron chi connectivity index (χ2n) is 7.14. The van der Waals surface area contributed by atoms with Gasteiger partial charge in [0.05, 0.1) is 18.3 Å². The van der Waals surface area contributed by atoms with Gasteiger partial charge in [0.2, 0.25) is 0 Å². The largest absolute Gasteiger partial charge is 0.492 e. The van der Waals surface area contributed by atoms with Gasteiger partial charge in [-0.2, -0.15) is 0 Å². The number of hydrogen-bond acceptors (Lipinski definition) is 4. The van der Waals surface area contributed by atoms with Crippen LogP contribution >= 0.6 is 0 Å². The predicted molar refractivity (Wildman–Crippen MR) is 109 cm³/mol. The van der Waals surface area contributed by atoms with Crippen molar-refractivity contribution in [3.05, 3.63) is 54.1 Å². The summed E-state index contributed by atoms with van der Waals surface area (Å²) in [5.41, 5.74) is 2.25. The fraction of sp³-hybridized carbons (Fsp3) is 0.409. The maximum absolute atomic E-state index is 12.7. The summed E-state index contributed by atoms with van der Waals surface area (Å²) < 4.78 is 11.5. The molecule has 1 atom stereocenters. The Labute approximate surface area is 166 Å². The van der Waals surface area contributed by atoms with Crippen molar-refractivity contribution >= 4 is 11.7 Å². The number of ether oxygens (including phenoxy) is 2. The lowest BCUT2D eigenvalue weighted by molar-refractivity contribution is 0.178. The minimum Gasteiger partial charge on any atom is -0.492 e. The van der Waals surface area contributed by atoms with Crippen molar-refractivity contribution < 1.29 is 14.3 Å². The fourth-order valence-corrected chi connectivity index (χ4v) is 3.83. The smallest absolute Gasteiger partial charge is 0.317 e. The van der Waals surface area contributed by atoms with Crippen LogP contribution in [0.1, 0.15) is 12.5 Å². The number of rotatable bonds is 4. The molecule has 1 fully saturated rings. The molecule has 0 saturated carbocycles. The van der Waals surface area contributed by atoms with Crippen LogP contribution in [0.2, 0.25) is 0 Å². The summed E-state index contributed by atoms with van der Waals surface area (Å²) in [7, 11) is 0. The lowest BCUT2D eigenvalue weighted by Gasteiger charge is -2.37. The van der Waals surface area contributed by atoms with E-state index in [2.05, 4.69) is 22.3 Å². The van der Waals surface area contributed by atoms with Crippen LogP contribution in [0.25, 0.3) is 0 Å². The van der Waals surface area contributed by atoms with Gasteiger partial charge in [0.1, 0.15) is 18.1 Å². The average molecular weight is 381 g/mol. The topological polar surface area (TPSA) is 54.0 Å². The van der Waals surface area contributed by atoms with Crippen LogP contribution in [0.15, 0.2) is 48.5 Å². The number of carbonyl (C=O) groups is 1. The Morgan fingerprint density at radius 3 is 2.68 bits per heavy atom. The van der Waals surface area contributed by atoms with Crippen LogP contribution in [0.4, 0.5) is 10.5 Å². The Morgan fingerprint density at radius 2 is 1.86 bits per heavy atom. The molecule has 6 heteroatoms. The molecule has 2 aliphatic heterocycles. The fourth-order valence-electron chi connectivity index (χ4n) is 3.83. The molecule has 2 aromatic carbocycles. The van der Waals surface area contributed by atoms with Gasteiger partial charge in [0.25, 0.3) is 0 Å². The number of piperazine rings is 1. The van der Waals surface area contributed by atoms with Crippen LogP contribution in [0.3, 0.4) is 0 Å². The molecule has 0 aliphatic carbocycles. The Bertz CT molecular complexity index is 818. The van der Waals surface area contributed by atoms with Gasteiger partial charge in [-0.25, -0.2) is 4.79 Å². The van der Waals surface area contributed by atoms with Crippen LogP contribution in [-0.4, -0.2) is 56.4 Å². The molecule has 28 heavy (non-hydrogen) atoms. The van der Waals surface area contributed by atoms with E-state index in [9.17, 15) is 4.79 Å². The lowest BCUT2D eigenvalue weighted by atomic mass is 10.0. The van der Waals surface area contributed by atoms with E-state index in [0.717, 1.165) is 42.3 Å². The number of carbonyl (C=O) groups excluding carboxylic acids is 1. The maximum Gasteiger partial charge on any atom is 0.317 e. The van der Waals surface area contributed by atoms with Crippen molar-refractivity contribution in [3.63, 3.8) is 0 Å². The summed E-state index contributed by atoms with van der Waals surface area (Å²) in [5, 5.41) is 3.13. The molecule has 2 aromatic rings. The number of urea groups is 1. The first-order valence-corrected chi connectivity index (χ1v) is 9.97. The molecule has 2 heterocycles. The highest BCUT2D eigenvalue weighted by Crippen LogP contribution is 2.29. The van der Waals surface area contributed by atoms with E-state index in [1.807, 2.05) is 48.2 Å². The SMILES string of the molecule is CCOc1ccccc1N1CCN(C(=O)N[C@@H]2COc3ccccc3C2)CC1. The molecule has 0 bridgehead atoms. The molecule has 0 spiro atoms. The van der Waals surface area contributed by atoms with Crippen molar-refractivity contribution in [3.8, 4) is 11.5 Å². The van der Waals surface area contributed by atoms with Crippen LogP contribution in [0.5, 0.6) is 11.5 Å². The molecule has 0 aromatic heterocycles. The van der Waals surface area contributed by atoms with E-state index in [1.165, 1.54) is 0 Å². The summed E-state index contributed by atoms with van der Waals surface area (Å²) in [6.07, 6.45) is 0.809. The van der Waals surface area contributed by atoms with Crippen molar-refractivity contribution in [1.29, 1.82) is 0 Å². The number of nitrogens with zero attached hydrogens (tertiary/aromatic N) is 2. The van der Waals surface area contributed by atoms with E-state index < -0.39 is 0 Å². The van der Waals surface area contributed by atoms with E-state index in [4.69, 9.17) is 9.47 Å². The third-order valence-corrected chi connectivity index (χ3v) is 5.28. The average Bonchev–Trinajstić information content (AvgIpc) is 2.74. The van der Waals surface area contributed by atoms with Crippen molar-refractivity contribution in [1.82, 2.24) is 10.2 Å². The number of amides is 2. The first kappa shape index (κ1) is 18.5. The maximum atomic E-state index is 12.7. The van der Waals surface area contributed by atoms with Gasteiger partial charge < -0.3 is 24.6 Å². The zero-order valence-electron chi connectivity index (χ0n) is 16.3. The van der Waals surface area contributed by atoms with E-state index in [0.29, 0.717) is 26.3 Å². The Balaban J connectivity index is 1.31. The number of para-hydroxylation sites is 3. The standard InChI is InChI=1S/C22H27N3O3/c1-2-27-21-10-6-4-8-19(21)24-11-13-25(14-12-24)22(26)23-18-15-17-7-3-5-9-20(17)28-16-18/h3-10,18H,2,11-16H2,1H3,(H,23,26)/t18-/m0/s1. The minimum absolute atomic E-state index is 0.00859. The van der Waals surface area contributed by atoms with Gasteiger partial charge >= 0.3 is 6.03 Å². The predicted octanol–water partition coefficient (Wildman–Crippen LogP) is 2.92. The molecular formula is C22H27N3O3. The van der Waals surface area contributed by atoms with Gasteiger partial charge in [0, 0.05) is 26.2 Å². The Hall–Kier alpha value is -2.89. The van der Waals surface area contributed by atoms with Gasteiger partial charge in [-0.15, -0.1) is 0 Å². The molecule has 0 unspecified atom stereocenters. The number of anilines is 1. The van der Waals surface area contributed by atoms with E-state index in [1.54, 1.807) is 0 Å². The molecule has 1 saturated heterocycles. The molecular weight excluding hydrogens is 354 g/mol.